The van der Waals surface area contributed by atoms with Crippen LogP contribution in [0.4, 0.5) is 18.0 Å². The van der Waals surface area contributed by atoms with Crippen LogP contribution in [-0.4, -0.2) is 61.6 Å². The summed E-state index contributed by atoms with van der Waals surface area (Å²) in [5.74, 6) is -0.202. The minimum Gasteiger partial charge on any atom is -0.329 e. The normalized spacial score (nSPS) is 18.3. The Hall–Kier alpha value is -3.89. The molecule has 1 aliphatic rings. The molecule has 1 fully saturated rings. The summed E-state index contributed by atoms with van der Waals surface area (Å²) in [6.07, 6.45) is 1.51. The molecule has 5 rings (SSSR count). The number of carbonyl (C=O) groups is 2. The first-order chi connectivity index (χ1) is 17.2. The quantitative estimate of drug-likeness (QED) is 0.446. The highest BCUT2D eigenvalue weighted by Crippen LogP contribution is 2.36. The molecule has 188 valence electrons. The third-order valence-electron chi connectivity index (χ3n) is 6.74. The number of alkyl halides is 3. The molecule has 2 amide bonds. The van der Waals surface area contributed by atoms with Gasteiger partial charge in [0.15, 0.2) is 11.3 Å². The summed E-state index contributed by atoms with van der Waals surface area (Å²) in [7, 11) is 0. The van der Waals surface area contributed by atoms with Crippen LogP contribution in [0.3, 0.4) is 0 Å². The lowest BCUT2D eigenvalue weighted by molar-refractivity contribution is -0.123. The third-order valence-corrected chi connectivity index (χ3v) is 6.74. The van der Waals surface area contributed by atoms with E-state index in [0.717, 1.165) is 17.7 Å². The number of hydrogen-bond acceptors (Lipinski definition) is 4. The maximum absolute atomic E-state index is 13.0. The predicted molar refractivity (Wildman–Crippen MR) is 127 cm³/mol. The van der Waals surface area contributed by atoms with Gasteiger partial charge in [-0.25, -0.2) is 14.8 Å². The van der Waals surface area contributed by atoms with Gasteiger partial charge in [-0.05, 0) is 17.5 Å². The Balaban J connectivity index is 1.45. The minimum atomic E-state index is -4.47. The van der Waals surface area contributed by atoms with E-state index >= 15 is 0 Å². The van der Waals surface area contributed by atoms with Gasteiger partial charge in [-0.2, -0.15) is 13.2 Å². The second-order valence-corrected chi connectivity index (χ2v) is 9.04. The van der Waals surface area contributed by atoms with Crippen LogP contribution in [0.15, 0.2) is 55.0 Å². The summed E-state index contributed by atoms with van der Waals surface area (Å²) < 4.78 is 41.2. The number of fused-ring (bicyclic) bond motifs is 3. The van der Waals surface area contributed by atoms with E-state index < -0.39 is 18.8 Å². The van der Waals surface area contributed by atoms with Gasteiger partial charge in [-0.3, -0.25) is 13.8 Å². The van der Waals surface area contributed by atoms with Crippen LogP contribution < -0.4 is 5.32 Å². The molecule has 36 heavy (non-hydrogen) atoms. The topological polar surface area (TPSA) is 84.5 Å². The van der Waals surface area contributed by atoms with Gasteiger partial charge in [0.2, 0.25) is 5.91 Å². The van der Waals surface area contributed by atoms with Crippen molar-refractivity contribution in [2.45, 2.75) is 31.9 Å². The van der Waals surface area contributed by atoms with E-state index in [2.05, 4.69) is 9.97 Å². The highest BCUT2D eigenvalue weighted by molar-refractivity contribution is 5.91. The van der Waals surface area contributed by atoms with Gasteiger partial charge in [-0.1, -0.05) is 43.7 Å². The van der Waals surface area contributed by atoms with E-state index in [1.54, 1.807) is 18.6 Å². The van der Waals surface area contributed by atoms with Crippen molar-refractivity contribution in [3.8, 4) is 0 Å². The van der Waals surface area contributed by atoms with Crippen molar-refractivity contribution in [3.63, 3.8) is 0 Å². The SMILES string of the molecule is CC[C@@H]1CN(C(=O)NCC(F)(F)F)C[C@@H]1c1cnc2cnc3c(ccn3C(=O)Cc3ccccc3)n12. The van der Waals surface area contributed by atoms with E-state index in [1.807, 2.05) is 53.0 Å². The van der Waals surface area contributed by atoms with Crippen LogP contribution in [0.1, 0.15) is 35.3 Å². The number of benzene rings is 1. The van der Waals surface area contributed by atoms with Crippen molar-refractivity contribution >= 4 is 28.7 Å². The van der Waals surface area contributed by atoms with Crippen molar-refractivity contribution in [2.24, 2.45) is 5.92 Å². The van der Waals surface area contributed by atoms with Gasteiger partial charge in [0, 0.05) is 37.1 Å². The van der Waals surface area contributed by atoms with Crippen molar-refractivity contribution < 1.29 is 22.8 Å². The van der Waals surface area contributed by atoms with Gasteiger partial charge in [0.05, 0.1) is 18.1 Å². The summed E-state index contributed by atoms with van der Waals surface area (Å²) in [5, 5.41) is 1.97. The molecule has 4 aromatic rings. The molecule has 11 heteroatoms. The second-order valence-electron chi connectivity index (χ2n) is 9.04. The van der Waals surface area contributed by atoms with E-state index in [9.17, 15) is 22.8 Å². The summed E-state index contributed by atoms with van der Waals surface area (Å²) in [6.45, 7) is 1.25. The molecule has 1 saturated heterocycles. The predicted octanol–water partition coefficient (Wildman–Crippen LogP) is 4.26. The molecule has 2 atom stereocenters. The maximum Gasteiger partial charge on any atom is 0.405 e. The molecule has 0 unspecified atom stereocenters. The molecule has 0 saturated carbocycles. The number of aromatic nitrogens is 4. The van der Waals surface area contributed by atoms with Crippen molar-refractivity contribution in [1.29, 1.82) is 0 Å². The summed E-state index contributed by atoms with van der Waals surface area (Å²) in [6, 6.07) is 10.5. The molecule has 0 aliphatic carbocycles. The zero-order chi connectivity index (χ0) is 25.4. The maximum atomic E-state index is 13.0. The molecule has 1 aliphatic heterocycles. The van der Waals surface area contributed by atoms with Gasteiger partial charge in [0.1, 0.15) is 6.54 Å². The van der Waals surface area contributed by atoms with Crippen molar-refractivity contribution in [1.82, 2.24) is 29.2 Å². The number of hydrogen-bond donors (Lipinski definition) is 1. The number of likely N-dealkylation sites (tertiary alicyclic amines) is 1. The second kappa shape index (κ2) is 9.29. The Labute approximate surface area is 204 Å². The molecule has 1 aromatic carbocycles. The number of halogens is 3. The van der Waals surface area contributed by atoms with Crippen LogP contribution >= 0.6 is 0 Å². The fourth-order valence-corrected chi connectivity index (χ4v) is 4.96. The average molecular weight is 499 g/mol. The number of imidazole rings is 1. The molecule has 1 N–H and O–H groups in total. The molecule has 3 aromatic heterocycles. The monoisotopic (exact) mass is 498 g/mol. The van der Waals surface area contributed by atoms with Crippen LogP contribution in [0.2, 0.25) is 0 Å². The Morgan fingerprint density at radius 3 is 2.58 bits per heavy atom. The third kappa shape index (κ3) is 4.52. The lowest BCUT2D eigenvalue weighted by atomic mass is 9.91. The molecule has 4 heterocycles. The highest BCUT2D eigenvalue weighted by Gasteiger charge is 2.38. The lowest BCUT2D eigenvalue weighted by Gasteiger charge is -2.18. The number of urea groups is 1. The lowest BCUT2D eigenvalue weighted by Crippen LogP contribution is -2.42. The Morgan fingerprint density at radius 2 is 1.86 bits per heavy atom. The van der Waals surface area contributed by atoms with Gasteiger partial charge >= 0.3 is 12.2 Å². The number of rotatable bonds is 5. The van der Waals surface area contributed by atoms with E-state index in [0.29, 0.717) is 23.4 Å². The first-order valence-corrected chi connectivity index (χ1v) is 11.7. The highest BCUT2D eigenvalue weighted by atomic mass is 19.4. The minimum absolute atomic E-state index is 0.0477. The molecular weight excluding hydrogens is 473 g/mol. The fraction of sp³-hybridized carbons (Fsp3) is 0.360. The Kier molecular flexibility index (Phi) is 6.15. The zero-order valence-corrected chi connectivity index (χ0v) is 19.6. The molecule has 0 spiro atoms. The molecular formula is C25H25F3N6O2. The summed E-state index contributed by atoms with van der Waals surface area (Å²) in [4.78, 5) is 35.8. The molecule has 0 radical (unpaired) electrons. The van der Waals surface area contributed by atoms with E-state index in [1.165, 1.54) is 9.47 Å². The smallest absolute Gasteiger partial charge is 0.329 e. The first kappa shape index (κ1) is 23.8. The largest absolute Gasteiger partial charge is 0.405 e. The van der Waals surface area contributed by atoms with Crippen molar-refractivity contribution in [2.75, 3.05) is 19.6 Å². The van der Waals surface area contributed by atoms with Crippen LogP contribution in [0, 0.1) is 5.92 Å². The summed E-state index contributed by atoms with van der Waals surface area (Å²) in [5.41, 5.74) is 3.53. The fourth-order valence-electron chi connectivity index (χ4n) is 4.96. The van der Waals surface area contributed by atoms with E-state index in [4.69, 9.17) is 0 Å². The van der Waals surface area contributed by atoms with E-state index in [-0.39, 0.29) is 30.7 Å². The Bertz CT molecular complexity index is 1410. The van der Waals surface area contributed by atoms with Crippen LogP contribution in [0.5, 0.6) is 0 Å². The summed E-state index contributed by atoms with van der Waals surface area (Å²) >= 11 is 0. The van der Waals surface area contributed by atoms with Crippen LogP contribution in [0.25, 0.3) is 16.8 Å². The van der Waals surface area contributed by atoms with Gasteiger partial charge in [0.25, 0.3) is 0 Å². The zero-order valence-electron chi connectivity index (χ0n) is 19.6. The number of nitrogens with zero attached hydrogens (tertiary/aromatic N) is 5. The number of carbonyl (C=O) groups excluding carboxylic acids is 2. The first-order valence-electron chi connectivity index (χ1n) is 11.7. The Morgan fingerprint density at radius 1 is 1.08 bits per heavy atom. The number of nitrogens with one attached hydrogen (secondary N) is 1. The van der Waals surface area contributed by atoms with Gasteiger partial charge < -0.3 is 10.2 Å². The average Bonchev–Trinajstić information content (AvgIpc) is 3.58. The van der Waals surface area contributed by atoms with Crippen molar-refractivity contribution in [3.05, 3.63) is 66.2 Å². The molecule has 0 bridgehead atoms. The number of amides is 2. The molecule has 8 nitrogen and oxygen atoms in total. The standard InChI is InChI=1S/C25H25F3N6O2/c1-2-17-13-32(24(36)31-15-25(26,27)28)14-18(17)20-11-29-21-12-30-23-19(34(20)21)8-9-33(23)22(35)10-16-6-4-3-5-7-16/h3-9,11-12,17-18H,2,10,13-15H2,1H3,(H,31,36)/t17-,18+/m1/s1. The van der Waals surface area contributed by atoms with Crippen LogP contribution in [-0.2, 0) is 6.42 Å². The van der Waals surface area contributed by atoms with Gasteiger partial charge in [-0.15, -0.1) is 0 Å².